The standard InChI is InChI=1S/C20H18BrNO3/c1-24-20(23)17-13-15(21)9-10-18(17)22-11-12-25-19-8-4-6-14-5-2-3-7-16(14)19/h2-10,13,22H,11-12H2,1H3. The lowest BCUT2D eigenvalue weighted by Gasteiger charge is -2.13. The zero-order valence-electron chi connectivity index (χ0n) is 13.8. The molecule has 3 aromatic carbocycles. The van der Waals surface area contributed by atoms with Gasteiger partial charge in [-0.05, 0) is 29.7 Å². The lowest BCUT2D eigenvalue weighted by Crippen LogP contribution is -2.14. The second-order valence-electron chi connectivity index (χ2n) is 5.43. The van der Waals surface area contributed by atoms with Crippen LogP contribution in [0, 0.1) is 0 Å². The predicted molar refractivity (Wildman–Crippen MR) is 103 cm³/mol. The van der Waals surface area contributed by atoms with Gasteiger partial charge in [0.25, 0.3) is 0 Å². The van der Waals surface area contributed by atoms with E-state index in [0.29, 0.717) is 18.7 Å². The number of halogens is 1. The van der Waals surface area contributed by atoms with Crippen LogP contribution in [0.1, 0.15) is 10.4 Å². The van der Waals surface area contributed by atoms with Crippen molar-refractivity contribution < 1.29 is 14.3 Å². The number of nitrogens with one attached hydrogen (secondary N) is 1. The summed E-state index contributed by atoms with van der Waals surface area (Å²) in [4.78, 5) is 11.9. The van der Waals surface area contributed by atoms with Crippen LogP contribution in [-0.4, -0.2) is 26.2 Å². The minimum atomic E-state index is -0.376. The smallest absolute Gasteiger partial charge is 0.340 e. The number of benzene rings is 3. The van der Waals surface area contributed by atoms with Gasteiger partial charge in [-0.15, -0.1) is 0 Å². The molecule has 0 fully saturated rings. The first kappa shape index (κ1) is 17.3. The lowest BCUT2D eigenvalue weighted by atomic mass is 10.1. The van der Waals surface area contributed by atoms with E-state index in [1.165, 1.54) is 7.11 Å². The number of methoxy groups -OCH3 is 1. The number of anilines is 1. The number of fused-ring (bicyclic) bond motifs is 1. The quantitative estimate of drug-likeness (QED) is 0.473. The predicted octanol–water partition coefficient (Wildman–Crippen LogP) is 4.88. The summed E-state index contributed by atoms with van der Waals surface area (Å²) in [6.45, 7) is 1.04. The fourth-order valence-corrected chi connectivity index (χ4v) is 2.98. The van der Waals surface area contributed by atoms with E-state index in [0.717, 1.165) is 26.7 Å². The summed E-state index contributed by atoms with van der Waals surface area (Å²) in [7, 11) is 1.37. The summed E-state index contributed by atoms with van der Waals surface area (Å²) >= 11 is 3.37. The average molecular weight is 400 g/mol. The highest BCUT2D eigenvalue weighted by atomic mass is 79.9. The van der Waals surface area contributed by atoms with Crippen LogP contribution in [0.25, 0.3) is 10.8 Å². The van der Waals surface area contributed by atoms with Gasteiger partial charge < -0.3 is 14.8 Å². The maximum atomic E-state index is 11.9. The number of ether oxygens (including phenoxy) is 2. The SMILES string of the molecule is COC(=O)c1cc(Br)ccc1NCCOc1cccc2ccccc12. The summed E-state index contributed by atoms with van der Waals surface area (Å²) < 4.78 is 11.6. The first-order valence-corrected chi connectivity index (χ1v) is 8.70. The largest absolute Gasteiger partial charge is 0.491 e. The summed E-state index contributed by atoms with van der Waals surface area (Å²) in [5.41, 5.74) is 1.21. The van der Waals surface area contributed by atoms with E-state index < -0.39 is 0 Å². The minimum Gasteiger partial charge on any atom is -0.491 e. The van der Waals surface area contributed by atoms with Gasteiger partial charge in [0.1, 0.15) is 12.4 Å². The molecule has 0 saturated heterocycles. The van der Waals surface area contributed by atoms with Gasteiger partial charge in [-0.3, -0.25) is 0 Å². The summed E-state index contributed by atoms with van der Waals surface area (Å²) in [5, 5.41) is 5.46. The molecule has 0 unspecified atom stereocenters. The Kier molecular flexibility index (Phi) is 5.56. The van der Waals surface area contributed by atoms with Crippen LogP contribution in [0.5, 0.6) is 5.75 Å². The van der Waals surface area contributed by atoms with Crippen molar-refractivity contribution in [3.05, 3.63) is 70.7 Å². The Balaban J connectivity index is 1.65. The normalized spacial score (nSPS) is 10.5. The molecule has 0 spiro atoms. The van der Waals surface area contributed by atoms with Gasteiger partial charge in [-0.25, -0.2) is 4.79 Å². The van der Waals surface area contributed by atoms with Gasteiger partial charge in [-0.2, -0.15) is 0 Å². The van der Waals surface area contributed by atoms with Crippen LogP contribution in [0.2, 0.25) is 0 Å². The van der Waals surface area contributed by atoms with Crippen molar-refractivity contribution in [3.63, 3.8) is 0 Å². The maximum Gasteiger partial charge on any atom is 0.340 e. The van der Waals surface area contributed by atoms with Gasteiger partial charge in [-0.1, -0.05) is 52.3 Å². The van der Waals surface area contributed by atoms with Crippen molar-refractivity contribution in [2.45, 2.75) is 0 Å². The molecule has 1 N–H and O–H groups in total. The Labute approximate surface area is 154 Å². The zero-order chi connectivity index (χ0) is 17.6. The number of carbonyl (C=O) groups excluding carboxylic acids is 1. The van der Waals surface area contributed by atoms with Gasteiger partial charge in [0.05, 0.1) is 12.7 Å². The molecule has 0 aromatic heterocycles. The third kappa shape index (κ3) is 4.12. The van der Waals surface area contributed by atoms with Crippen LogP contribution < -0.4 is 10.1 Å². The number of esters is 1. The fourth-order valence-electron chi connectivity index (χ4n) is 2.62. The van der Waals surface area contributed by atoms with Crippen molar-refractivity contribution in [2.75, 3.05) is 25.6 Å². The molecule has 0 amide bonds. The molecule has 0 aliphatic carbocycles. The van der Waals surface area contributed by atoms with Crippen LogP contribution in [0.4, 0.5) is 5.69 Å². The Morgan fingerprint density at radius 3 is 2.72 bits per heavy atom. The van der Waals surface area contributed by atoms with Gasteiger partial charge >= 0.3 is 5.97 Å². The molecule has 0 bridgehead atoms. The van der Waals surface area contributed by atoms with E-state index in [4.69, 9.17) is 9.47 Å². The third-order valence-electron chi connectivity index (χ3n) is 3.81. The van der Waals surface area contributed by atoms with Crippen LogP contribution in [0.3, 0.4) is 0 Å². The molecule has 25 heavy (non-hydrogen) atoms. The van der Waals surface area contributed by atoms with Crippen LogP contribution in [-0.2, 0) is 4.74 Å². The molecule has 0 aliphatic heterocycles. The number of hydrogen-bond acceptors (Lipinski definition) is 4. The Hall–Kier alpha value is -2.53. The first-order valence-electron chi connectivity index (χ1n) is 7.91. The highest BCUT2D eigenvalue weighted by Crippen LogP contribution is 2.25. The maximum absolute atomic E-state index is 11.9. The molecule has 5 heteroatoms. The summed E-state index contributed by atoms with van der Waals surface area (Å²) in [5.74, 6) is 0.475. The highest BCUT2D eigenvalue weighted by molar-refractivity contribution is 9.10. The highest BCUT2D eigenvalue weighted by Gasteiger charge is 2.12. The topological polar surface area (TPSA) is 47.6 Å². The van der Waals surface area contributed by atoms with Crippen molar-refractivity contribution in [1.29, 1.82) is 0 Å². The molecule has 0 atom stereocenters. The molecular weight excluding hydrogens is 382 g/mol. The molecule has 0 heterocycles. The molecule has 128 valence electrons. The number of hydrogen-bond donors (Lipinski definition) is 1. The zero-order valence-corrected chi connectivity index (χ0v) is 15.4. The summed E-state index contributed by atoms with van der Waals surface area (Å²) in [6.07, 6.45) is 0. The van der Waals surface area contributed by atoms with E-state index >= 15 is 0 Å². The first-order chi connectivity index (χ1) is 12.2. The Bertz CT molecular complexity index is 890. The van der Waals surface area contributed by atoms with E-state index in [2.05, 4.69) is 33.4 Å². The monoisotopic (exact) mass is 399 g/mol. The van der Waals surface area contributed by atoms with E-state index in [-0.39, 0.29) is 5.97 Å². The van der Waals surface area contributed by atoms with E-state index in [1.54, 1.807) is 6.07 Å². The van der Waals surface area contributed by atoms with Gasteiger partial charge in [0.2, 0.25) is 0 Å². The second-order valence-corrected chi connectivity index (χ2v) is 6.35. The Morgan fingerprint density at radius 2 is 1.88 bits per heavy atom. The second kappa shape index (κ2) is 8.03. The van der Waals surface area contributed by atoms with E-state index in [9.17, 15) is 4.79 Å². The van der Waals surface area contributed by atoms with E-state index in [1.807, 2.05) is 42.5 Å². The van der Waals surface area contributed by atoms with Crippen LogP contribution >= 0.6 is 15.9 Å². The van der Waals surface area contributed by atoms with Crippen molar-refractivity contribution in [1.82, 2.24) is 0 Å². The number of carbonyl (C=O) groups is 1. The fraction of sp³-hybridized carbons (Fsp3) is 0.150. The minimum absolute atomic E-state index is 0.376. The molecule has 4 nitrogen and oxygen atoms in total. The Morgan fingerprint density at radius 1 is 1.08 bits per heavy atom. The summed E-state index contributed by atoms with van der Waals surface area (Å²) in [6, 6.07) is 19.6. The average Bonchev–Trinajstić information content (AvgIpc) is 2.65. The molecule has 3 aromatic rings. The van der Waals surface area contributed by atoms with Gasteiger partial charge in [0.15, 0.2) is 0 Å². The van der Waals surface area contributed by atoms with Crippen molar-refractivity contribution in [2.24, 2.45) is 0 Å². The third-order valence-corrected chi connectivity index (χ3v) is 4.30. The lowest BCUT2D eigenvalue weighted by molar-refractivity contribution is 0.0601. The molecule has 0 aliphatic rings. The molecule has 0 radical (unpaired) electrons. The number of rotatable bonds is 6. The molecule has 3 rings (SSSR count). The van der Waals surface area contributed by atoms with Crippen LogP contribution in [0.15, 0.2) is 65.1 Å². The molecular formula is C20H18BrNO3. The molecule has 0 saturated carbocycles. The van der Waals surface area contributed by atoms with Crippen molar-refractivity contribution in [3.8, 4) is 5.75 Å². The van der Waals surface area contributed by atoms with Gasteiger partial charge in [0, 0.05) is 22.1 Å². The van der Waals surface area contributed by atoms with Crippen molar-refractivity contribution >= 4 is 38.4 Å².